The Bertz CT molecular complexity index is 896. The second-order valence-electron chi connectivity index (χ2n) is 16.8. The molecule has 0 bridgehead atoms. The molecule has 4 nitrogen and oxygen atoms in total. The quantitative estimate of drug-likeness (QED) is 0.354. The average Bonchev–Trinajstić information content (AvgIpc) is 3.52. The Hall–Kier alpha value is -0.160. The molecule has 4 saturated heterocycles. The summed E-state index contributed by atoms with van der Waals surface area (Å²) < 4.78 is 13.9. The third-order valence-electron chi connectivity index (χ3n) is 15.5. The van der Waals surface area contributed by atoms with E-state index in [-0.39, 0.29) is 0 Å². The van der Waals surface area contributed by atoms with Gasteiger partial charge in [-0.3, -0.25) is 9.80 Å². The van der Waals surface area contributed by atoms with E-state index in [0.29, 0.717) is 24.4 Å². The van der Waals surface area contributed by atoms with Crippen molar-refractivity contribution in [3.05, 3.63) is 0 Å². The summed E-state index contributed by atoms with van der Waals surface area (Å²) in [6, 6.07) is 4.89. The van der Waals surface area contributed by atoms with Gasteiger partial charge in [0.25, 0.3) is 0 Å². The lowest BCUT2D eigenvalue weighted by Gasteiger charge is -2.53. The summed E-state index contributed by atoms with van der Waals surface area (Å²) >= 11 is 0. The first-order valence-corrected chi connectivity index (χ1v) is 18.7. The van der Waals surface area contributed by atoms with Crippen LogP contribution in [-0.4, -0.2) is 70.5 Å². The molecule has 0 N–H and O–H groups in total. The van der Waals surface area contributed by atoms with Crippen LogP contribution in [0.2, 0.25) is 0 Å². The zero-order valence-electron chi connectivity index (χ0n) is 25.1. The predicted octanol–water partition coefficient (Wildman–Crippen LogP) is 6.94. The third kappa shape index (κ3) is 3.58. The number of hydrogen-bond acceptors (Lipinski definition) is 4. The zero-order valence-corrected chi connectivity index (χ0v) is 25.1. The monoisotopic (exact) mass is 548 g/mol. The molecule has 0 radical (unpaired) electrons. The topological polar surface area (TPSA) is 24.9 Å². The molecule has 4 aliphatic heterocycles. The van der Waals surface area contributed by atoms with Crippen LogP contribution in [0.3, 0.4) is 0 Å². The minimum atomic E-state index is 0.563. The predicted molar refractivity (Wildman–Crippen MR) is 157 cm³/mol. The molecule has 0 amide bonds. The van der Waals surface area contributed by atoms with E-state index in [1.54, 1.807) is 12.8 Å². The second kappa shape index (κ2) is 9.67. The fourth-order valence-corrected chi connectivity index (χ4v) is 14.3. The lowest BCUT2D eigenvalue weighted by molar-refractivity contribution is -0.178. The molecule has 0 aromatic heterocycles. The zero-order chi connectivity index (χ0) is 25.9. The van der Waals surface area contributed by atoms with Crippen molar-refractivity contribution in [1.29, 1.82) is 0 Å². The average molecular weight is 549 g/mol. The molecular formula is C36H56N2O2. The summed E-state index contributed by atoms with van der Waals surface area (Å²) in [6.45, 7) is 0. The van der Waals surface area contributed by atoms with Crippen LogP contribution in [0.15, 0.2) is 0 Å². The number of ether oxygens (including phenoxy) is 2. The van der Waals surface area contributed by atoms with Gasteiger partial charge >= 0.3 is 0 Å². The van der Waals surface area contributed by atoms with Crippen molar-refractivity contribution in [2.45, 2.75) is 189 Å². The highest BCUT2D eigenvalue weighted by atomic mass is 16.5. The molecule has 0 spiro atoms. The van der Waals surface area contributed by atoms with Gasteiger partial charge in [0, 0.05) is 36.3 Å². The maximum atomic E-state index is 6.94. The Labute approximate surface area is 243 Å². The molecule has 6 aliphatic carbocycles. The van der Waals surface area contributed by atoms with Crippen molar-refractivity contribution >= 4 is 0 Å². The smallest absolute Gasteiger partial charge is 0.0737 e. The van der Waals surface area contributed by atoms with Gasteiger partial charge in [-0.2, -0.15) is 0 Å². The molecule has 222 valence electrons. The van der Waals surface area contributed by atoms with Crippen LogP contribution in [0.25, 0.3) is 0 Å². The van der Waals surface area contributed by atoms with Gasteiger partial charge in [0.05, 0.1) is 24.4 Å². The van der Waals surface area contributed by atoms with E-state index < -0.39 is 0 Å². The lowest BCUT2D eigenvalue weighted by atomic mass is 9.62. The van der Waals surface area contributed by atoms with E-state index in [1.807, 2.05) is 0 Å². The normalized spacial score (nSPS) is 59.1. The van der Waals surface area contributed by atoms with Gasteiger partial charge < -0.3 is 9.47 Å². The second-order valence-corrected chi connectivity index (χ2v) is 16.8. The van der Waals surface area contributed by atoms with Crippen molar-refractivity contribution in [2.24, 2.45) is 35.5 Å². The standard InChI is InChI=1S/C36H56N2O2/c1-3-11-31-29(9-1)37-27-17-15-21(19-25(27)23-7-5-13-33(39-31)35(23)37)22-16-18-28-26(20-22)24-8-6-14-34-36(24)38(28)30-10-2-4-12-32(30)40-34/h21-36H,1-20H2. The molecule has 6 saturated carbocycles. The van der Waals surface area contributed by atoms with Crippen molar-refractivity contribution < 1.29 is 9.47 Å². The highest BCUT2D eigenvalue weighted by Crippen LogP contribution is 2.60. The Balaban J connectivity index is 0.890. The van der Waals surface area contributed by atoms with E-state index in [9.17, 15) is 0 Å². The number of hydrogen-bond donors (Lipinski definition) is 0. The van der Waals surface area contributed by atoms with Crippen LogP contribution in [0.1, 0.15) is 128 Å². The molecule has 10 aliphatic rings. The maximum absolute atomic E-state index is 6.94. The summed E-state index contributed by atoms with van der Waals surface area (Å²) in [5.74, 6) is 5.90. The first kappa shape index (κ1) is 25.2. The van der Waals surface area contributed by atoms with E-state index in [4.69, 9.17) is 9.47 Å². The molecule has 10 fully saturated rings. The SMILES string of the molecule is C1CCC2C(C1)OC1CCCC3C4CC(C5CCC6C(C5)C5CCCC7OC8CCCCC8N6C75)CCC4N2C13. The van der Waals surface area contributed by atoms with Gasteiger partial charge in [0.2, 0.25) is 0 Å². The van der Waals surface area contributed by atoms with Crippen molar-refractivity contribution in [1.82, 2.24) is 9.80 Å². The van der Waals surface area contributed by atoms with Crippen LogP contribution in [0.4, 0.5) is 0 Å². The van der Waals surface area contributed by atoms with Gasteiger partial charge in [-0.05, 0) is 125 Å². The highest BCUT2D eigenvalue weighted by molar-refractivity contribution is 5.15. The molecule has 16 unspecified atom stereocenters. The van der Waals surface area contributed by atoms with E-state index in [0.717, 1.165) is 71.8 Å². The van der Waals surface area contributed by atoms with Crippen molar-refractivity contribution in [3.63, 3.8) is 0 Å². The molecule has 40 heavy (non-hydrogen) atoms. The fourth-order valence-electron chi connectivity index (χ4n) is 14.3. The van der Waals surface area contributed by atoms with Crippen LogP contribution < -0.4 is 0 Å². The number of fused-ring (bicyclic) bond motifs is 10. The highest BCUT2D eigenvalue weighted by Gasteiger charge is 2.62. The molecular weight excluding hydrogens is 492 g/mol. The Morgan fingerprint density at radius 1 is 0.350 bits per heavy atom. The van der Waals surface area contributed by atoms with Crippen LogP contribution >= 0.6 is 0 Å². The lowest BCUT2D eigenvalue weighted by Crippen LogP contribution is -2.63. The van der Waals surface area contributed by atoms with E-state index in [2.05, 4.69) is 9.80 Å². The number of rotatable bonds is 1. The Morgan fingerprint density at radius 2 is 0.800 bits per heavy atom. The summed E-state index contributed by atoms with van der Waals surface area (Å²) in [7, 11) is 0. The largest absolute Gasteiger partial charge is 0.372 e. The first-order valence-electron chi connectivity index (χ1n) is 18.7. The van der Waals surface area contributed by atoms with Gasteiger partial charge in [-0.1, -0.05) is 38.5 Å². The third-order valence-corrected chi connectivity index (χ3v) is 15.5. The molecule has 16 atom stereocenters. The molecule has 0 aromatic rings. The number of morpholine rings is 2. The van der Waals surface area contributed by atoms with E-state index >= 15 is 0 Å². The molecule has 0 aromatic carbocycles. The first-order chi connectivity index (χ1) is 19.8. The van der Waals surface area contributed by atoms with Gasteiger partial charge in [0.1, 0.15) is 0 Å². The van der Waals surface area contributed by atoms with Crippen LogP contribution in [0, 0.1) is 35.5 Å². The van der Waals surface area contributed by atoms with Crippen molar-refractivity contribution in [2.75, 3.05) is 0 Å². The van der Waals surface area contributed by atoms with Gasteiger partial charge in [0.15, 0.2) is 0 Å². The van der Waals surface area contributed by atoms with Gasteiger partial charge in [-0.25, -0.2) is 0 Å². The van der Waals surface area contributed by atoms with Crippen LogP contribution in [0.5, 0.6) is 0 Å². The maximum Gasteiger partial charge on any atom is 0.0737 e. The fraction of sp³-hybridized carbons (Fsp3) is 1.00. The summed E-state index contributed by atoms with van der Waals surface area (Å²) in [6.07, 6.45) is 31.3. The molecule has 4 heterocycles. The molecule has 10 rings (SSSR count). The summed E-state index contributed by atoms with van der Waals surface area (Å²) in [5.41, 5.74) is 0. The Kier molecular flexibility index (Phi) is 6.09. The summed E-state index contributed by atoms with van der Waals surface area (Å²) in [4.78, 5) is 6.36. The summed E-state index contributed by atoms with van der Waals surface area (Å²) in [5, 5.41) is 0. The molecule has 4 heteroatoms. The number of nitrogens with zero attached hydrogens (tertiary/aromatic N) is 2. The minimum Gasteiger partial charge on any atom is -0.372 e. The Morgan fingerprint density at radius 3 is 1.30 bits per heavy atom. The minimum absolute atomic E-state index is 0.563. The van der Waals surface area contributed by atoms with Crippen molar-refractivity contribution in [3.8, 4) is 0 Å². The van der Waals surface area contributed by atoms with Gasteiger partial charge in [-0.15, -0.1) is 0 Å². The van der Waals surface area contributed by atoms with Crippen LogP contribution in [-0.2, 0) is 9.47 Å². The van der Waals surface area contributed by atoms with E-state index in [1.165, 1.54) is 116 Å².